The minimum absolute atomic E-state index is 0.330. The monoisotopic (exact) mass is 334 g/mol. The minimum Gasteiger partial charge on any atom is -0.497 e. The highest BCUT2D eigenvalue weighted by atomic mass is 16.5. The van der Waals surface area contributed by atoms with Gasteiger partial charge in [-0.3, -0.25) is 0 Å². The third-order valence-corrected chi connectivity index (χ3v) is 3.05. The van der Waals surface area contributed by atoms with E-state index in [1.807, 2.05) is 24.3 Å². The molecule has 0 fully saturated rings. The Kier molecular flexibility index (Phi) is 7.22. The third kappa shape index (κ3) is 4.98. The van der Waals surface area contributed by atoms with Crippen molar-refractivity contribution in [1.82, 2.24) is 0 Å². The number of hydrogen-bond donors (Lipinski definition) is 1. The molecule has 0 aliphatic heterocycles. The quantitative estimate of drug-likeness (QED) is 0.279. The minimum atomic E-state index is -1.03. The molecule has 128 valence electrons. The van der Waals surface area contributed by atoms with Gasteiger partial charge in [-0.2, -0.15) is 4.58 Å². The molecule has 0 saturated heterocycles. The van der Waals surface area contributed by atoms with Crippen LogP contribution >= 0.6 is 0 Å². The number of nitrogens with zero attached hydrogens (tertiary/aromatic N) is 1. The molecule has 1 aromatic carbocycles. The first-order chi connectivity index (χ1) is 11.4. The summed E-state index contributed by atoms with van der Waals surface area (Å²) in [5, 5.41) is 9.83. The lowest BCUT2D eigenvalue weighted by atomic mass is 10.2. The van der Waals surface area contributed by atoms with Crippen LogP contribution in [0.5, 0.6) is 5.75 Å². The summed E-state index contributed by atoms with van der Waals surface area (Å²) in [6, 6.07) is 7.33. The standard InChI is InChI=1S/C17H19NO6/c1-18(14(16(20)23-3)15(19)17(21)24-4)11-5-6-12-7-9-13(22-2)10-8-12/h5-11H,1-4H3/p+1/b6-5+,18-11-. The Morgan fingerprint density at radius 2 is 1.62 bits per heavy atom. The van der Waals surface area contributed by atoms with Crippen molar-refractivity contribution in [3.63, 3.8) is 0 Å². The van der Waals surface area contributed by atoms with E-state index in [1.165, 1.54) is 17.8 Å². The Labute approximate surface area is 140 Å². The van der Waals surface area contributed by atoms with E-state index >= 15 is 0 Å². The lowest BCUT2D eigenvalue weighted by Crippen LogP contribution is -2.22. The molecule has 0 spiro atoms. The summed E-state index contributed by atoms with van der Waals surface area (Å²) in [5.41, 5.74) is 0.574. The zero-order chi connectivity index (χ0) is 18.1. The van der Waals surface area contributed by atoms with Crippen molar-refractivity contribution in [2.45, 2.75) is 0 Å². The lowest BCUT2D eigenvalue weighted by Gasteiger charge is -2.03. The van der Waals surface area contributed by atoms with Crippen LogP contribution in [0, 0.1) is 0 Å². The summed E-state index contributed by atoms with van der Waals surface area (Å²) in [6.45, 7) is 0. The fraction of sp³-hybridized carbons (Fsp3) is 0.235. The number of carbonyl (C=O) groups is 2. The molecule has 0 aromatic heterocycles. The molecule has 0 aliphatic rings. The van der Waals surface area contributed by atoms with Crippen LogP contribution in [0.3, 0.4) is 0 Å². The molecule has 0 amide bonds. The number of rotatable bonds is 6. The number of allylic oxidation sites excluding steroid dienone is 1. The van der Waals surface area contributed by atoms with Gasteiger partial charge in [0.25, 0.3) is 5.76 Å². The van der Waals surface area contributed by atoms with Gasteiger partial charge in [-0.25, -0.2) is 9.59 Å². The van der Waals surface area contributed by atoms with E-state index in [9.17, 15) is 14.7 Å². The van der Waals surface area contributed by atoms with Crippen molar-refractivity contribution in [2.24, 2.45) is 0 Å². The molecule has 1 N–H and O–H groups in total. The van der Waals surface area contributed by atoms with Crippen LogP contribution in [0.15, 0.2) is 41.8 Å². The Morgan fingerprint density at radius 1 is 1.04 bits per heavy atom. The maximum absolute atomic E-state index is 11.8. The van der Waals surface area contributed by atoms with E-state index in [-0.39, 0.29) is 5.70 Å². The number of aliphatic hydroxyl groups excluding tert-OH is 1. The van der Waals surface area contributed by atoms with Gasteiger partial charge >= 0.3 is 17.6 Å². The molecule has 1 rings (SSSR count). The van der Waals surface area contributed by atoms with Gasteiger partial charge in [-0.15, -0.1) is 0 Å². The van der Waals surface area contributed by atoms with E-state index < -0.39 is 17.7 Å². The molecule has 7 nitrogen and oxygen atoms in total. The van der Waals surface area contributed by atoms with Crippen LogP contribution in [-0.4, -0.2) is 56.2 Å². The lowest BCUT2D eigenvalue weighted by molar-refractivity contribution is -0.436. The predicted molar refractivity (Wildman–Crippen MR) is 88.0 cm³/mol. The van der Waals surface area contributed by atoms with Crippen LogP contribution in [0.2, 0.25) is 0 Å². The summed E-state index contributed by atoms with van der Waals surface area (Å²) in [5.74, 6) is -1.99. The SMILES string of the molecule is COC(=O)/C(O)=C(C(=O)OC)/[N+](C)=C\C=C\c1ccc(OC)cc1. The Balaban J connectivity index is 3.07. The van der Waals surface area contributed by atoms with Crippen molar-refractivity contribution < 1.29 is 33.5 Å². The summed E-state index contributed by atoms with van der Waals surface area (Å²) in [6.07, 6.45) is 4.92. The first-order valence-electron chi connectivity index (χ1n) is 6.92. The average Bonchev–Trinajstić information content (AvgIpc) is 2.61. The normalized spacial score (nSPS) is 12.6. The molecule has 7 heteroatoms. The highest BCUT2D eigenvalue weighted by Crippen LogP contribution is 2.12. The third-order valence-electron chi connectivity index (χ3n) is 3.05. The number of ether oxygens (including phenoxy) is 3. The van der Waals surface area contributed by atoms with Crippen molar-refractivity contribution >= 4 is 24.2 Å². The highest BCUT2D eigenvalue weighted by Gasteiger charge is 2.30. The van der Waals surface area contributed by atoms with E-state index in [2.05, 4.69) is 9.47 Å². The van der Waals surface area contributed by atoms with Crippen LogP contribution < -0.4 is 4.74 Å². The maximum atomic E-state index is 11.8. The summed E-state index contributed by atoms with van der Waals surface area (Å²) >= 11 is 0. The fourth-order valence-electron chi connectivity index (χ4n) is 1.77. The number of likely N-dealkylation sites (N-methyl/N-ethyl adjacent to an activating group) is 1. The molecule has 0 aliphatic carbocycles. The molecule has 24 heavy (non-hydrogen) atoms. The zero-order valence-corrected chi connectivity index (χ0v) is 14.0. The molecule has 0 radical (unpaired) electrons. The zero-order valence-electron chi connectivity index (χ0n) is 14.0. The van der Waals surface area contributed by atoms with Crippen LogP contribution in [0.25, 0.3) is 6.08 Å². The second kappa shape index (κ2) is 9.14. The second-order valence-electron chi connectivity index (χ2n) is 4.57. The molecule has 0 heterocycles. The summed E-state index contributed by atoms with van der Waals surface area (Å²) in [7, 11) is 5.32. The van der Waals surface area contributed by atoms with Crippen molar-refractivity contribution in [1.29, 1.82) is 0 Å². The van der Waals surface area contributed by atoms with Gasteiger partial charge in [0.05, 0.1) is 21.3 Å². The van der Waals surface area contributed by atoms with Gasteiger partial charge in [-0.1, -0.05) is 12.1 Å². The first kappa shape index (κ1) is 19.0. The van der Waals surface area contributed by atoms with E-state index in [0.717, 1.165) is 25.5 Å². The fourth-order valence-corrected chi connectivity index (χ4v) is 1.77. The molecule has 0 unspecified atom stereocenters. The topological polar surface area (TPSA) is 85.1 Å². The van der Waals surface area contributed by atoms with Crippen molar-refractivity contribution in [3.05, 3.63) is 47.4 Å². The van der Waals surface area contributed by atoms with Crippen molar-refractivity contribution in [3.8, 4) is 5.75 Å². The second-order valence-corrected chi connectivity index (χ2v) is 4.57. The number of aliphatic hydroxyl groups is 1. The number of methoxy groups -OCH3 is 3. The Bertz CT molecular complexity index is 686. The Morgan fingerprint density at radius 3 is 2.12 bits per heavy atom. The molecule has 0 atom stereocenters. The van der Waals surface area contributed by atoms with Crippen LogP contribution in [-0.2, 0) is 19.1 Å². The maximum Gasteiger partial charge on any atom is 0.407 e. The van der Waals surface area contributed by atoms with E-state index in [1.54, 1.807) is 19.3 Å². The smallest absolute Gasteiger partial charge is 0.407 e. The van der Waals surface area contributed by atoms with Gasteiger partial charge in [0.1, 0.15) is 12.8 Å². The summed E-state index contributed by atoms with van der Waals surface area (Å²) in [4.78, 5) is 23.2. The van der Waals surface area contributed by atoms with Gasteiger partial charge in [0.2, 0.25) is 0 Å². The van der Waals surface area contributed by atoms with Gasteiger partial charge in [0, 0.05) is 6.08 Å². The number of esters is 2. The van der Waals surface area contributed by atoms with E-state index in [0.29, 0.717) is 0 Å². The predicted octanol–water partition coefficient (Wildman–Crippen LogP) is 1.54. The van der Waals surface area contributed by atoms with Gasteiger partial charge in [0.15, 0.2) is 6.21 Å². The summed E-state index contributed by atoms with van der Waals surface area (Å²) < 4.78 is 15.3. The van der Waals surface area contributed by atoms with Gasteiger partial charge < -0.3 is 19.3 Å². The van der Waals surface area contributed by atoms with Crippen LogP contribution in [0.4, 0.5) is 0 Å². The molecular weight excluding hydrogens is 314 g/mol. The number of hydrogen-bond acceptors (Lipinski definition) is 6. The molecule has 1 aromatic rings. The van der Waals surface area contributed by atoms with Gasteiger partial charge in [-0.05, 0) is 23.8 Å². The molecular formula is C17H20NO6+. The number of carbonyl (C=O) groups excluding carboxylic acids is 2. The average molecular weight is 334 g/mol. The van der Waals surface area contributed by atoms with Crippen molar-refractivity contribution in [2.75, 3.05) is 28.4 Å². The Hall–Kier alpha value is -3.09. The van der Waals surface area contributed by atoms with Crippen LogP contribution in [0.1, 0.15) is 5.56 Å². The highest BCUT2D eigenvalue weighted by molar-refractivity contribution is 5.97. The molecule has 0 bridgehead atoms. The molecule has 0 saturated carbocycles. The number of benzene rings is 1. The first-order valence-corrected chi connectivity index (χ1v) is 6.92. The van der Waals surface area contributed by atoms with E-state index in [4.69, 9.17) is 4.74 Å². The largest absolute Gasteiger partial charge is 0.497 e.